The fourth-order valence-electron chi connectivity index (χ4n) is 3.98. The molecule has 4 rings (SSSR count). The Morgan fingerprint density at radius 1 is 1.00 bits per heavy atom. The van der Waals surface area contributed by atoms with Crippen molar-refractivity contribution in [3.8, 4) is 11.5 Å². The van der Waals surface area contributed by atoms with Gasteiger partial charge in [0.1, 0.15) is 32.7 Å². The largest absolute Gasteiger partial charge is 0.454 e. The zero-order valence-corrected chi connectivity index (χ0v) is 16.4. The molecule has 0 spiro atoms. The van der Waals surface area contributed by atoms with E-state index in [1.807, 2.05) is 25.1 Å². The number of benzene rings is 2. The zero-order valence-electron chi connectivity index (χ0n) is 16.4. The lowest BCUT2D eigenvalue weighted by atomic mass is 10.1. The summed E-state index contributed by atoms with van der Waals surface area (Å²) in [7, 11) is 0. The van der Waals surface area contributed by atoms with Gasteiger partial charge in [0.05, 0.1) is 6.04 Å². The molecule has 0 aliphatic carbocycles. The third-order valence-electron chi connectivity index (χ3n) is 5.65. The summed E-state index contributed by atoms with van der Waals surface area (Å²) >= 11 is 0. The van der Waals surface area contributed by atoms with Gasteiger partial charge in [0.2, 0.25) is 6.79 Å². The van der Waals surface area contributed by atoms with Gasteiger partial charge in [-0.3, -0.25) is 4.79 Å². The summed E-state index contributed by atoms with van der Waals surface area (Å²) in [4.78, 5) is 15.5. The molecule has 1 fully saturated rings. The molecule has 2 heterocycles. The van der Waals surface area contributed by atoms with Crippen molar-refractivity contribution >= 4 is 5.91 Å². The number of piperazine rings is 1. The highest BCUT2D eigenvalue weighted by molar-refractivity contribution is 5.77. The zero-order chi connectivity index (χ0) is 19.3. The predicted molar refractivity (Wildman–Crippen MR) is 106 cm³/mol. The number of carbonyl (C=O) groups is 1. The first kappa shape index (κ1) is 18.8. The van der Waals surface area contributed by atoms with Crippen molar-refractivity contribution < 1.29 is 24.1 Å². The number of hydrogen-bond acceptors (Lipinski definition) is 3. The average molecular weight is 383 g/mol. The second-order valence-corrected chi connectivity index (χ2v) is 7.74. The van der Waals surface area contributed by atoms with Crippen LogP contribution in [0.2, 0.25) is 0 Å². The van der Waals surface area contributed by atoms with Gasteiger partial charge in [0, 0.05) is 5.56 Å². The predicted octanol–water partition coefficient (Wildman–Crippen LogP) is -0.424. The average Bonchev–Trinajstić information content (AvgIpc) is 3.18. The Morgan fingerprint density at radius 3 is 2.50 bits per heavy atom. The number of quaternary nitrogens is 2. The van der Waals surface area contributed by atoms with Crippen molar-refractivity contribution in [3.05, 3.63) is 59.7 Å². The van der Waals surface area contributed by atoms with E-state index in [0.29, 0.717) is 6.54 Å². The van der Waals surface area contributed by atoms with E-state index < -0.39 is 0 Å². The van der Waals surface area contributed by atoms with E-state index in [1.165, 1.54) is 10.5 Å². The van der Waals surface area contributed by atoms with Crippen LogP contribution < -0.4 is 24.6 Å². The van der Waals surface area contributed by atoms with Gasteiger partial charge in [0.25, 0.3) is 5.91 Å². The van der Waals surface area contributed by atoms with E-state index in [-0.39, 0.29) is 18.7 Å². The van der Waals surface area contributed by atoms with Crippen molar-refractivity contribution in [3.63, 3.8) is 0 Å². The number of hydrogen-bond donors (Lipinski definition) is 3. The fraction of sp³-hybridized carbons (Fsp3) is 0.409. The Labute approximate surface area is 166 Å². The monoisotopic (exact) mass is 383 g/mol. The smallest absolute Gasteiger partial charge is 0.275 e. The molecule has 0 unspecified atom stereocenters. The summed E-state index contributed by atoms with van der Waals surface area (Å²) in [6, 6.07) is 16.4. The van der Waals surface area contributed by atoms with Crippen LogP contribution in [0, 0.1) is 0 Å². The highest BCUT2D eigenvalue weighted by atomic mass is 16.7. The van der Waals surface area contributed by atoms with E-state index in [2.05, 4.69) is 35.6 Å². The van der Waals surface area contributed by atoms with Crippen molar-refractivity contribution in [2.24, 2.45) is 0 Å². The van der Waals surface area contributed by atoms with Gasteiger partial charge in [-0.05, 0) is 24.6 Å². The maximum Gasteiger partial charge on any atom is 0.275 e. The normalized spacial score (nSPS) is 21.9. The molecule has 2 aromatic rings. The second-order valence-electron chi connectivity index (χ2n) is 7.74. The molecule has 2 aliphatic rings. The van der Waals surface area contributed by atoms with Gasteiger partial charge >= 0.3 is 0 Å². The molecular weight excluding hydrogens is 354 g/mol. The summed E-state index contributed by atoms with van der Waals surface area (Å²) < 4.78 is 10.8. The standard InChI is InChI=1S/C22H27N3O3/c1-17(19-7-8-20-21(13-19)28-16-27-20)23-22(26)15-25-11-9-24(10-12-25)14-18-5-3-2-4-6-18/h2-8,13,17H,9-12,14-16H2,1H3,(H,23,26)/p+2/t17-/m1/s1. The molecule has 0 bridgehead atoms. The number of ether oxygens (including phenoxy) is 2. The lowest BCUT2D eigenvalue weighted by Crippen LogP contribution is -3.28. The minimum Gasteiger partial charge on any atom is -0.454 e. The van der Waals surface area contributed by atoms with E-state index >= 15 is 0 Å². The van der Waals surface area contributed by atoms with Gasteiger partial charge < -0.3 is 24.6 Å². The Kier molecular flexibility index (Phi) is 5.78. The van der Waals surface area contributed by atoms with Crippen molar-refractivity contribution in [2.75, 3.05) is 39.5 Å². The van der Waals surface area contributed by atoms with Gasteiger partial charge in [-0.15, -0.1) is 0 Å². The number of amides is 1. The molecule has 2 aromatic carbocycles. The molecule has 148 valence electrons. The van der Waals surface area contributed by atoms with Crippen LogP contribution >= 0.6 is 0 Å². The molecule has 6 heteroatoms. The quantitative estimate of drug-likeness (QED) is 0.635. The first-order valence-corrected chi connectivity index (χ1v) is 10.1. The third kappa shape index (κ3) is 4.64. The molecule has 0 radical (unpaired) electrons. The molecule has 0 aromatic heterocycles. The summed E-state index contributed by atoms with van der Waals surface area (Å²) in [6.45, 7) is 8.16. The van der Waals surface area contributed by atoms with E-state index in [0.717, 1.165) is 49.8 Å². The molecule has 1 amide bonds. The lowest BCUT2D eigenvalue weighted by Gasteiger charge is -2.29. The molecule has 1 saturated heterocycles. The van der Waals surface area contributed by atoms with Crippen molar-refractivity contribution in [1.29, 1.82) is 0 Å². The molecule has 1 atom stereocenters. The van der Waals surface area contributed by atoms with Gasteiger partial charge in [-0.1, -0.05) is 36.4 Å². The topological polar surface area (TPSA) is 56.4 Å². The Balaban J connectivity index is 1.22. The van der Waals surface area contributed by atoms with Crippen LogP contribution in [0.3, 0.4) is 0 Å². The van der Waals surface area contributed by atoms with Crippen LogP contribution in [0.5, 0.6) is 11.5 Å². The number of carbonyl (C=O) groups excluding carboxylic acids is 1. The van der Waals surface area contributed by atoms with Crippen molar-refractivity contribution in [1.82, 2.24) is 5.32 Å². The number of rotatable bonds is 6. The molecular formula is C22H29N3O3+2. The summed E-state index contributed by atoms with van der Waals surface area (Å²) in [6.07, 6.45) is 0. The Hall–Kier alpha value is -2.57. The van der Waals surface area contributed by atoms with Crippen LogP contribution in [0.15, 0.2) is 48.5 Å². The minimum absolute atomic E-state index is 0.0496. The highest BCUT2D eigenvalue weighted by Gasteiger charge is 2.25. The maximum absolute atomic E-state index is 12.5. The highest BCUT2D eigenvalue weighted by Crippen LogP contribution is 2.34. The Bertz CT molecular complexity index is 804. The lowest BCUT2D eigenvalue weighted by molar-refractivity contribution is -1.02. The van der Waals surface area contributed by atoms with Crippen LogP contribution in [0.25, 0.3) is 0 Å². The minimum atomic E-state index is -0.0496. The SMILES string of the molecule is C[C@@H](NC(=O)C[NH+]1CC[NH+](Cc2ccccc2)CC1)c1ccc2c(c1)OCO2. The Morgan fingerprint density at radius 2 is 1.71 bits per heavy atom. The summed E-state index contributed by atoms with van der Waals surface area (Å²) in [5.41, 5.74) is 2.42. The fourth-order valence-corrected chi connectivity index (χ4v) is 3.98. The third-order valence-corrected chi connectivity index (χ3v) is 5.65. The van der Waals surface area contributed by atoms with Gasteiger partial charge in [-0.25, -0.2) is 0 Å². The van der Waals surface area contributed by atoms with Crippen LogP contribution in [0.4, 0.5) is 0 Å². The first-order valence-electron chi connectivity index (χ1n) is 10.1. The van der Waals surface area contributed by atoms with Crippen LogP contribution in [0.1, 0.15) is 24.1 Å². The number of nitrogens with one attached hydrogen (secondary N) is 3. The maximum atomic E-state index is 12.5. The molecule has 28 heavy (non-hydrogen) atoms. The molecule has 2 aliphatic heterocycles. The molecule has 0 saturated carbocycles. The van der Waals surface area contributed by atoms with Crippen LogP contribution in [-0.4, -0.2) is 45.4 Å². The van der Waals surface area contributed by atoms with E-state index in [4.69, 9.17) is 9.47 Å². The first-order chi connectivity index (χ1) is 13.7. The second kappa shape index (κ2) is 8.63. The molecule has 6 nitrogen and oxygen atoms in total. The van der Waals surface area contributed by atoms with E-state index in [9.17, 15) is 4.79 Å². The molecule has 3 N–H and O–H groups in total. The van der Waals surface area contributed by atoms with Crippen molar-refractivity contribution in [2.45, 2.75) is 19.5 Å². The van der Waals surface area contributed by atoms with Gasteiger partial charge in [0.15, 0.2) is 18.0 Å². The van der Waals surface area contributed by atoms with Gasteiger partial charge in [-0.2, -0.15) is 0 Å². The van der Waals surface area contributed by atoms with E-state index in [1.54, 1.807) is 4.90 Å². The van der Waals surface area contributed by atoms with Crippen LogP contribution in [-0.2, 0) is 11.3 Å². The number of fused-ring (bicyclic) bond motifs is 1. The summed E-state index contributed by atoms with van der Waals surface area (Å²) in [5, 5.41) is 3.12. The summed E-state index contributed by atoms with van der Waals surface area (Å²) in [5.74, 6) is 1.62.